The quantitative estimate of drug-likeness (QED) is 0.718. The molecular weight excluding hydrogens is 174 g/mol. The van der Waals surface area contributed by atoms with Crippen LogP contribution in [0.4, 0.5) is 0 Å². The SMILES string of the molecule is CCc1cnc(C2CCC(C)CC2)o1. The molecule has 0 unspecified atom stereocenters. The van der Waals surface area contributed by atoms with Crippen molar-refractivity contribution in [2.75, 3.05) is 0 Å². The van der Waals surface area contributed by atoms with E-state index in [4.69, 9.17) is 4.42 Å². The largest absolute Gasteiger partial charge is 0.445 e. The second-order valence-corrected chi connectivity index (χ2v) is 4.48. The van der Waals surface area contributed by atoms with Crippen LogP contribution in [-0.4, -0.2) is 4.98 Å². The van der Waals surface area contributed by atoms with Crippen LogP contribution >= 0.6 is 0 Å². The Balaban J connectivity index is 2.01. The molecule has 0 radical (unpaired) electrons. The Morgan fingerprint density at radius 1 is 1.36 bits per heavy atom. The first-order valence-corrected chi connectivity index (χ1v) is 5.74. The van der Waals surface area contributed by atoms with E-state index in [9.17, 15) is 0 Å². The summed E-state index contributed by atoms with van der Waals surface area (Å²) in [4.78, 5) is 4.37. The highest BCUT2D eigenvalue weighted by molar-refractivity contribution is 5.00. The Kier molecular flexibility index (Phi) is 2.90. The van der Waals surface area contributed by atoms with E-state index in [-0.39, 0.29) is 0 Å². The molecule has 1 aromatic heterocycles. The van der Waals surface area contributed by atoms with Crippen molar-refractivity contribution in [1.82, 2.24) is 4.98 Å². The fourth-order valence-electron chi connectivity index (χ4n) is 2.18. The molecule has 1 fully saturated rings. The van der Waals surface area contributed by atoms with Gasteiger partial charge in [0.1, 0.15) is 5.76 Å². The fourth-order valence-corrected chi connectivity index (χ4v) is 2.18. The standard InChI is InChI=1S/C12H19NO/c1-3-11-8-13-12(14-11)10-6-4-9(2)5-7-10/h8-10H,3-7H2,1-2H3. The van der Waals surface area contributed by atoms with Gasteiger partial charge in [0.2, 0.25) is 0 Å². The average molecular weight is 193 g/mol. The third-order valence-corrected chi connectivity index (χ3v) is 3.29. The molecule has 1 aromatic rings. The molecule has 1 heterocycles. The van der Waals surface area contributed by atoms with Crippen molar-refractivity contribution in [3.63, 3.8) is 0 Å². The number of rotatable bonds is 2. The summed E-state index contributed by atoms with van der Waals surface area (Å²) in [7, 11) is 0. The van der Waals surface area contributed by atoms with Crippen LogP contribution in [0.3, 0.4) is 0 Å². The molecule has 1 aliphatic carbocycles. The van der Waals surface area contributed by atoms with Gasteiger partial charge in [0, 0.05) is 12.3 Å². The highest BCUT2D eigenvalue weighted by Crippen LogP contribution is 2.34. The van der Waals surface area contributed by atoms with E-state index >= 15 is 0 Å². The van der Waals surface area contributed by atoms with Crippen LogP contribution in [0.25, 0.3) is 0 Å². The van der Waals surface area contributed by atoms with Crippen molar-refractivity contribution in [2.45, 2.75) is 51.9 Å². The Morgan fingerprint density at radius 3 is 2.64 bits per heavy atom. The molecular formula is C12H19NO. The predicted octanol–water partition coefficient (Wildman–Crippen LogP) is 3.53. The van der Waals surface area contributed by atoms with E-state index in [1.165, 1.54) is 25.7 Å². The molecule has 0 aliphatic heterocycles. The second-order valence-electron chi connectivity index (χ2n) is 4.48. The molecule has 78 valence electrons. The Morgan fingerprint density at radius 2 is 2.07 bits per heavy atom. The summed E-state index contributed by atoms with van der Waals surface area (Å²) in [5, 5.41) is 0. The third-order valence-electron chi connectivity index (χ3n) is 3.29. The van der Waals surface area contributed by atoms with Crippen LogP contribution in [-0.2, 0) is 6.42 Å². The molecule has 2 rings (SSSR count). The highest BCUT2D eigenvalue weighted by Gasteiger charge is 2.23. The van der Waals surface area contributed by atoms with Crippen molar-refractivity contribution in [3.8, 4) is 0 Å². The minimum atomic E-state index is 0.589. The summed E-state index contributed by atoms with van der Waals surface area (Å²) in [5.41, 5.74) is 0. The molecule has 1 saturated carbocycles. The fraction of sp³-hybridized carbons (Fsp3) is 0.750. The zero-order valence-corrected chi connectivity index (χ0v) is 9.12. The summed E-state index contributed by atoms with van der Waals surface area (Å²) >= 11 is 0. The maximum Gasteiger partial charge on any atom is 0.197 e. The van der Waals surface area contributed by atoms with E-state index in [0.29, 0.717) is 5.92 Å². The lowest BCUT2D eigenvalue weighted by Crippen LogP contribution is -2.10. The summed E-state index contributed by atoms with van der Waals surface area (Å²) in [5.74, 6) is 3.49. The van der Waals surface area contributed by atoms with Gasteiger partial charge in [-0.05, 0) is 31.6 Å². The van der Waals surface area contributed by atoms with Gasteiger partial charge in [-0.25, -0.2) is 4.98 Å². The van der Waals surface area contributed by atoms with Gasteiger partial charge in [-0.1, -0.05) is 13.8 Å². The summed E-state index contributed by atoms with van der Waals surface area (Å²) in [6.07, 6.45) is 8.00. The average Bonchev–Trinajstić information content (AvgIpc) is 2.67. The molecule has 0 aromatic carbocycles. The van der Waals surface area contributed by atoms with Gasteiger partial charge in [0.25, 0.3) is 0 Å². The molecule has 0 amide bonds. The smallest absolute Gasteiger partial charge is 0.197 e. The summed E-state index contributed by atoms with van der Waals surface area (Å²) in [6.45, 7) is 4.44. The van der Waals surface area contributed by atoms with Gasteiger partial charge in [-0.3, -0.25) is 0 Å². The van der Waals surface area contributed by atoms with Crippen LogP contribution in [0.1, 0.15) is 57.1 Å². The molecule has 2 nitrogen and oxygen atoms in total. The van der Waals surface area contributed by atoms with Crippen molar-refractivity contribution in [2.24, 2.45) is 5.92 Å². The van der Waals surface area contributed by atoms with Crippen LogP contribution in [0.2, 0.25) is 0 Å². The van der Waals surface area contributed by atoms with Gasteiger partial charge >= 0.3 is 0 Å². The topological polar surface area (TPSA) is 26.0 Å². The zero-order valence-electron chi connectivity index (χ0n) is 9.12. The van der Waals surface area contributed by atoms with Crippen molar-refractivity contribution in [3.05, 3.63) is 17.8 Å². The van der Waals surface area contributed by atoms with Crippen molar-refractivity contribution >= 4 is 0 Å². The Bertz CT molecular complexity index is 284. The van der Waals surface area contributed by atoms with Crippen LogP contribution in [0.5, 0.6) is 0 Å². The van der Waals surface area contributed by atoms with Crippen LogP contribution in [0, 0.1) is 5.92 Å². The van der Waals surface area contributed by atoms with Gasteiger partial charge in [-0.15, -0.1) is 0 Å². The lowest BCUT2D eigenvalue weighted by atomic mass is 9.83. The highest BCUT2D eigenvalue weighted by atomic mass is 16.4. The van der Waals surface area contributed by atoms with E-state index in [0.717, 1.165) is 24.0 Å². The number of hydrogen-bond acceptors (Lipinski definition) is 2. The van der Waals surface area contributed by atoms with Crippen LogP contribution in [0.15, 0.2) is 10.6 Å². The molecule has 0 saturated heterocycles. The number of hydrogen-bond donors (Lipinski definition) is 0. The molecule has 1 aliphatic rings. The number of oxazole rings is 1. The van der Waals surface area contributed by atoms with E-state index in [1.807, 2.05) is 6.20 Å². The van der Waals surface area contributed by atoms with Gasteiger partial charge in [0.15, 0.2) is 5.89 Å². The van der Waals surface area contributed by atoms with Crippen LogP contribution < -0.4 is 0 Å². The van der Waals surface area contributed by atoms with E-state index < -0.39 is 0 Å². The first-order valence-electron chi connectivity index (χ1n) is 5.74. The number of nitrogens with zero attached hydrogens (tertiary/aromatic N) is 1. The summed E-state index contributed by atoms with van der Waals surface area (Å²) < 4.78 is 5.70. The minimum absolute atomic E-state index is 0.589. The molecule has 0 N–H and O–H groups in total. The molecule has 0 spiro atoms. The van der Waals surface area contributed by atoms with Gasteiger partial charge in [-0.2, -0.15) is 0 Å². The normalized spacial score (nSPS) is 27.9. The van der Waals surface area contributed by atoms with Gasteiger partial charge in [0.05, 0.1) is 6.20 Å². The molecule has 2 heteroatoms. The molecule has 14 heavy (non-hydrogen) atoms. The maximum absolute atomic E-state index is 5.70. The van der Waals surface area contributed by atoms with E-state index in [2.05, 4.69) is 18.8 Å². The second kappa shape index (κ2) is 4.16. The molecule has 0 atom stereocenters. The van der Waals surface area contributed by atoms with Gasteiger partial charge < -0.3 is 4.42 Å². The monoisotopic (exact) mass is 193 g/mol. The Labute approximate surface area is 85.7 Å². The Hall–Kier alpha value is -0.790. The molecule has 0 bridgehead atoms. The number of aromatic nitrogens is 1. The first-order chi connectivity index (χ1) is 6.79. The zero-order chi connectivity index (χ0) is 9.97. The van der Waals surface area contributed by atoms with E-state index in [1.54, 1.807) is 0 Å². The minimum Gasteiger partial charge on any atom is -0.445 e. The summed E-state index contributed by atoms with van der Waals surface area (Å²) in [6, 6.07) is 0. The lowest BCUT2D eigenvalue weighted by molar-refractivity contribution is 0.302. The predicted molar refractivity (Wildman–Crippen MR) is 56.3 cm³/mol. The maximum atomic E-state index is 5.70. The van der Waals surface area contributed by atoms with Crippen molar-refractivity contribution < 1.29 is 4.42 Å². The van der Waals surface area contributed by atoms with Crippen molar-refractivity contribution in [1.29, 1.82) is 0 Å². The number of aryl methyl sites for hydroxylation is 1. The first kappa shape index (κ1) is 9.75. The lowest BCUT2D eigenvalue weighted by Gasteiger charge is -2.23. The third kappa shape index (κ3) is 1.99.